The Morgan fingerprint density at radius 3 is 2.58 bits per heavy atom. The SMILES string of the molecule is O=C(NCCc1cc(F)cc(F)c1)N1CCC(N2CCOCC2)C1. The molecule has 24 heavy (non-hydrogen) atoms. The molecule has 7 heteroatoms. The van der Waals surface area contributed by atoms with Crippen LogP contribution in [0.3, 0.4) is 0 Å². The van der Waals surface area contributed by atoms with Crippen molar-refractivity contribution < 1.29 is 18.3 Å². The molecule has 2 aliphatic rings. The van der Waals surface area contributed by atoms with Crippen molar-refractivity contribution >= 4 is 6.03 Å². The van der Waals surface area contributed by atoms with E-state index in [1.165, 1.54) is 12.1 Å². The van der Waals surface area contributed by atoms with E-state index < -0.39 is 11.6 Å². The van der Waals surface area contributed by atoms with Crippen LogP contribution in [0.4, 0.5) is 13.6 Å². The Labute approximate surface area is 140 Å². The van der Waals surface area contributed by atoms with Gasteiger partial charge in [0.05, 0.1) is 13.2 Å². The van der Waals surface area contributed by atoms with E-state index >= 15 is 0 Å². The molecule has 0 spiro atoms. The number of urea groups is 1. The van der Waals surface area contributed by atoms with Gasteiger partial charge in [0.1, 0.15) is 11.6 Å². The van der Waals surface area contributed by atoms with Crippen LogP contribution >= 0.6 is 0 Å². The highest BCUT2D eigenvalue weighted by Crippen LogP contribution is 2.17. The van der Waals surface area contributed by atoms with Gasteiger partial charge in [0.15, 0.2) is 0 Å². The zero-order valence-corrected chi connectivity index (χ0v) is 13.6. The van der Waals surface area contributed by atoms with Gasteiger partial charge in [-0.3, -0.25) is 4.90 Å². The van der Waals surface area contributed by atoms with Crippen LogP contribution in [0.5, 0.6) is 0 Å². The molecule has 2 aliphatic heterocycles. The van der Waals surface area contributed by atoms with Gasteiger partial charge in [0.2, 0.25) is 0 Å². The minimum atomic E-state index is -0.593. The van der Waals surface area contributed by atoms with Crippen molar-refractivity contribution in [1.29, 1.82) is 0 Å². The second kappa shape index (κ2) is 7.90. The number of ether oxygens (including phenoxy) is 1. The number of nitrogens with one attached hydrogen (secondary N) is 1. The van der Waals surface area contributed by atoms with Crippen LogP contribution in [0.15, 0.2) is 18.2 Å². The summed E-state index contributed by atoms with van der Waals surface area (Å²) in [5.74, 6) is -1.19. The lowest BCUT2D eigenvalue weighted by Crippen LogP contribution is -2.46. The van der Waals surface area contributed by atoms with E-state index in [-0.39, 0.29) is 6.03 Å². The maximum Gasteiger partial charge on any atom is 0.317 e. The van der Waals surface area contributed by atoms with Gasteiger partial charge >= 0.3 is 6.03 Å². The molecule has 132 valence electrons. The highest BCUT2D eigenvalue weighted by Gasteiger charge is 2.30. The van der Waals surface area contributed by atoms with Gasteiger partial charge in [0, 0.05) is 44.8 Å². The first-order valence-corrected chi connectivity index (χ1v) is 8.41. The fourth-order valence-corrected chi connectivity index (χ4v) is 3.35. The fourth-order valence-electron chi connectivity index (χ4n) is 3.35. The Hall–Kier alpha value is -1.73. The highest BCUT2D eigenvalue weighted by atomic mass is 19.1. The first kappa shape index (κ1) is 17.1. The first-order chi connectivity index (χ1) is 11.6. The van der Waals surface area contributed by atoms with E-state index in [9.17, 15) is 13.6 Å². The van der Waals surface area contributed by atoms with Crippen LogP contribution in [-0.4, -0.2) is 67.8 Å². The van der Waals surface area contributed by atoms with Crippen LogP contribution in [0.2, 0.25) is 0 Å². The fraction of sp³-hybridized carbons (Fsp3) is 0.588. The zero-order valence-electron chi connectivity index (χ0n) is 13.6. The lowest BCUT2D eigenvalue weighted by Gasteiger charge is -2.32. The summed E-state index contributed by atoms with van der Waals surface area (Å²) in [5.41, 5.74) is 0.542. The average Bonchev–Trinajstić information content (AvgIpc) is 3.05. The molecule has 0 aliphatic carbocycles. The van der Waals surface area contributed by atoms with Crippen molar-refractivity contribution in [3.63, 3.8) is 0 Å². The molecule has 0 bridgehead atoms. The molecule has 1 N–H and O–H groups in total. The Bertz CT molecular complexity index is 559. The Balaban J connectivity index is 1.42. The number of hydrogen-bond acceptors (Lipinski definition) is 3. The number of halogens is 2. The quantitative estimate of drug-likeness (QED) is 0.907. The number of morpholine rings is 1. The van der Waals surface area contributed by atoms with Gasteiger partial charge < -0.3 is 15.0 Å². The summed E-state index contributed by atoms with van der Waals surface area (Å²) in [4.78, 5) is 16.4. The van der Waals surface area contributed by atoms with E-state index in [2.05, 4.69) is 10.2 Å². The molecule has 2 saturated heterocycles. The molecule has 0 radical (unpaired) electrons. The predicted molar refractivity (Wildman–Crippen MR) is 85.8 cm³/mol. The number of carbonyl (C=O) groups is 1. The molecule has 1 atom stereocenters. The molecule has 0 aromatic heterocycles. The molecular formula is C17H23F2N3O2. The number of carbonyl (C=O) groups excluding carboxylic acids is 1. The molecular weight excluding hydrogens is 316 g/mol. The predicted octanol–water partition coefficient (Wildman–Crippen LogP) is 1.62. The van der Waals surface area contributed by atoms with E-state index in [0.717, 1.165) is 51.9 Å². The monoisotopic (exact) mass is 339 g/mol. The van der Waals surface area contributed by atoms with Crippen LogP contribution in [-0.2, 0) is 11.2 Å². The summed E-state index contributed by atoms with van der Waals surface area (Å²) >= 11 is 0. The molecule has 5 nitrogen and oxygen atoms in total. The molecule has 2 heterocycles. The molecule has 1 aromatic rings. The van der Waals surface area contributed by atoms with E-state index in [4.69, 9.17) is 4.74 Å². The van der Waals surface area contributed by atoms with E-state index in [1.54, 1.807) is 0 Å². The van der Waals surface area contributed by atoms with Crippen molar-refractivity contribution in [3.8, 4) is 0 Å². The first-order valence-electron chi connectivity index (χ1n) is 8.41. The van der Waals surface area contributed by atoms with Crippen LogP contribution in [0.1, 0.15) is 12.0 Å². The van der Waals surface area contributed by atoms with Crippen LogP contribution < -0.4 is 5.32 Å². The van der Waals surface area contributed by atoms with Crippen molar-refractivity contribution in [1.82, 2.24) is 15.1 Å². The highest BCUT2D eigenvalue weighted by molar-refractivity contribution is 5.74. The lowest BCUT2D eigenvalue weighted by molar-refractivity contribution is 0.0191. The van der Waals surface area contributed by atoms with Gasteiger partial charge in [-0.2, -0.15) is 0 Å². The number of hydrogen-bond donors (Lipinski definition) is 1. The van der Waals surface area contributed by atoms with Crippen LogP contribution in [0, 0.1) is 11.6 Å². The standard InChI is InChI=1S/C17H23F2N3O2/c18-14-9-13(10-15(19)11-14)1-3-20-17(23)22-4-2-16(12-22)21-5-7-24-8-6-21/h9-11,16H,1-8,12H2,(H,20,23). The third kappa shape index (κ3) is 4.42. The second-order valence-electron chi connectivity index (χ2n) is 6.30. The third-order valence-corrected chi connectivity index (χ3v) is 4.62. The number of rotatable bonds is 4. The number of nitrogens with zero attached hydrogens (tertiary/aromatic N) is 2. The molecule has 2 amide bonds. The van der Waals surface area contributed by atoms with E-state index in [0.29, 0.717) is 24.6 Å². The Kier molecular flexibility index (Phi) is 5.63. The molecule has 1 unspecified atom stereocenters. The topological polar surface area (TPSA) is 44.8 Å². The minimum Gasteiger partial charge on any atom is -0.379 e. The largest absolute Gasteiger partial charge is 0.379 e. The normalized spacial score (nSPS) is 21.9. The molecule has 0 saturated carbocycles. The van der Waals surface area contributed by atoms with Gasteiger partial charge in [-0.05, 0) is 30.5 Å². The van der Waals surface area contributed by atoms with Crippen molar-refractivity contribution in [3.05, 3.63) is 35.4 Å². The van der Waals surface area contributed by atoms with Crippen molar-refractivity contribution in [2.75, 3.05) is 45.9 Å². The maximum absolute atomic E-state index is 13.1. The van der Waals surface area contributed by atoms with Crippen molar-refractivity contribution in [2.45, 2.75) is 18.9 Å². The van der Waals surface area contributed by atoms with E-state index in [1.807, 2.05) is 4.90 Å². The molecule has 3 rings (SSSR count). The number of amides is 2. The van der Waals surface area contributed by atoms with Gasteiger partial charge in [0.25, 0.3) is 0 Å². The summed E-state index contributed by atoms with van der Waals surface area (Å²) in [5, 5.41) is 2.83. The van der Waals surface area contributed by atoms with Crippen LogP contribution in [0.25, 0.3) is 0 Å². The average molecular weight is 339 g/mol. The number of likely N-dealkylation sites (tertiary alicyclic amines) is 1. The molecule has 2 fully saturated rings. The summed E-state index contributed by atoms with van der Waals surface area (Å²) in [6.45, 7) is 5.18. The summed E-state index contributed by atoms with van der Waals surface area (Å²) in [6.07, 6.45) is 1.38. The number of benzene rings is 1. The second-order valence-corrected chi connectivity index (χ2v) is 6.30. The Morgan fingerprint density at radius 1 is 1.17 bits per heavy atom. The van der Waals surface area contributed by atoms with Gasteiger partial charge in [-0.15, -0.1) is 0 Å². The lowest BCUT2D eigenvalue weighted by atomic mass is 10.1. The maximum atomic E-state index is 13.1. The van der Waals surface area contributed by atoms with Crippen molar-refractivity contribution in [2.24, 2.45) is 0 Å². The smallest absolute Gasteiger partial charge is 0.317 e. The van der Waals surface area contributed by atoms with Gasteiger partial charge in [-0.1, -0.05) is 0 Å². The summed E-state index contributed by atoms with van der Waals surface area (Å²) in [6, 6.07) is 3.72. The summed E-state index contributed by atoms with van der Waals surface area (Å²) in [7, 11) is 0. The zero-order chi connectivity index (χ0) is 16.9. The molecule has 1 aromatic carbocycles. The third-order valence-electron chi connectivity index (χ3n) is 4.62. The summed E-state index contributed by atoms with van der Waals surface area (Å²) < 4.78 is 31.6. The Morgan fingerprint density at radius 2 is 1.88 bits per heavy atom. The van der Waals surface area contributed by atoms with Gasteiger partial charge in [-0.25, -0.2) is 13.6 Å². The minimum absolute atomic E-state index is 0.109.